The van der Waals surface area contributed by atoms with Crippen LogP contribution in [0.1, 0.15) is 41.9 Å². The molecular weight excluding hydrogens is 305 g/mol. The first-order chi connectivity index (χ1) is 10.7. The summed E-state index contributed by atoms with van der Waals surface area (Å²) < 4.78 is 12.0. The Morgan fingerprint density at radius 2 is 2.09 bits per heavy atom. The van der Waals surface area contributed by atoms with Gasteiger partial charge in [-0.2, -0.15) is 0 Å². The van der Waals surface area contributed by atoms with Crippen LogP contribution in [0.15, 0.2) is 12.2 Å². The summed E-state index contributed by atoms with van der Waals surface area (Å²) in [5.74, 6) is -2.57. The van der Waals surface area contributed by atoms with Gasteiger partial charge in [-0.25, -0.2) is 0 Å². The van der Waals surface area contributed by atoms with Crippen molar-refractivity contribution in [3.05, 3.63) is 12.2 Å². The van der Waals surface area contributed by atoms with Crippen LogP contribution in [-0.4, -0.2) is 40.8 Å². The van der Waals surface area contributed by atoms with Crippen molar-refractivity contribution < 1.29 is 25.4 Å². The van der Waals surface area contributed by atoms with Gasteiger partial charge in [-0.05, 0) is 27.2 Å². The highest BCUT2D eigenvalue weighted by Crippen LogP contribution is 2.26. The van der Waals surface area contributed by atoms with E-state index in [0.717, 1.165) is 0 Å². The summed E-state index contributed by atoms with van der Waals surface area (Å²) in [5.41, 5.74) is -1.93. The Labute approximate surface area is 135 Å². The maximum absolute atomic E-state index is 12.4. The number of hydrogen-bond donors (Lipinski definition) is 2. The summed E-state index contributed by atoms with van der Waals surface area (Å²) in [6.07, 6.45) is 3.32. The second-order valence-electron chi connectivity index (χ2n) is 5.14. The van der Waals surface area contributed by atoms with Crippen LogP contribution < -0.4 is 5.32 Å². The van der Waals surface area contributed by atoms with Gasteiger partial charge >= 0.3 is 0 Å². The highest BCUT2D eigenvalue weighted by Gasteiger charge is 2.44. The number of Topliss-reactive ketones (excluding diaryl/α,β-unsaturated/α-hetero) is 2. The Morgan fingerprint density at radius 1 is 1.45 bits per heavy atom. The lowest BCUT2D eigenvalue weighted by atomic mass is 9.80. The van der Waals surface area contributed by atoms with Gasteiger partial charge < -0.3 is 14.9 Å². The van der Waals surface area contributed by atoms with Gasteiger partial charge in [0.25, 0.3) is 0 Å². The molecule has 0 aromatic carbocycles. The van der Waals surface area contributed by atoms with Crippen LogP contribution in [0.25, 0.3) is 0 Å². The van der Waals surface area contributed by atoms with E-state index in [2.05, 4.69) is 5.32 Å². The molecule has 0 heterocycles. The van der Waals surface area contributed by atoms with Gasteiger partial charge in [-0.15, -0.1) is 0 Å². The van der Waals surface area contributed by atoms with Gasteiger partial charge in [-0.1, -0.05) is 19.1 Å². The van der Waals surface area contributed by atoms with E-state index < -0.39 is 29.3 Å². The summed E-state index contributed by atoms with van der Waals surface area (Å²) in [7, 11) is 2.02. The SMILES string of the molecule is [2H]CC/C=C/C(C(=O)NC(C)C(C)=O)C(O)(CCOP)C(C)=O. The summed E-state index contributed by atoms with van der Waals surface area (Å²) in [6, 6.07) is -0.719. The first-order valence-corrected chi connectivity index (χ1v) is 7.49. The molecule has 0 aromatic rings. The van der Waals surface area contributed by atoms with E-state index in [1.54, 1.807) is 6.08 Å². The maximum atomic E-state index is 12.4. The molecule has 22 heavy (non-hydrogen) atoms. The van der Waals surface area contributed by atoms with Gasteiger partial charge in [0.05, 0.1) is 18.6 Å². The quantitative estimate of drug-likeness (QED) is 0.463. The molecule has 6 nitrogen and oxygen atoms in total. The van der Waals surface area contributed by atoms with E-state index in [9.17, 15) is 19.5 Å². The zero-order valence-electron chi connectivity index (χ0n) is 14.3. The fourth-order valence-corrected chi connectivity index (χ4v) is 1.98. The predicted molar refractivity (Wildman–Crippen MR) is 87.1 cm³/mol. The molecule has 0 fully saturated rings. The van der Waals surface area contributed by atoms with Crippen molar-refractivity contribution in [3.8, 4) is 0 Å². The van der Waals surface area contributed by atoms with E-state index in [4.69, 9.17) is 5.89 Å². The van der Waals surface area contributed by atoms with Crippen molar-refractivity contribution in [2.24, 2.45) is 5.92 Å². The molecule has 4 unspecified atom stereocenters. The second-order valence-corrected chi connectivity index (χ2v) is 5.47. The Balaban J connectivity index is 5.49. The summed E-state index contributed by atoms with van der Waals surface area (Å²) in [5, 5.41) is 13.2. The van der Waals surface area contributed by atoms with Crippen molar-refractivity contribution in [2.45, 2.75) is 52.2 Å². The molecule has 0 bridgehead atoms. The van der Waals surface area contributed by atoms with Crippen molar-refractivity contribution in [1.82, 2.24) is 5.32 Å². The molecule has 0 saturated heterocycles. The molecule has 0 aliphatic heterocycles. The van der Waals surface area contributed by atoms with Crippen LogP contribution in [0, 0.1) is 5.92 Å². The fourth-order valence-electron chi connectivity index (χ4n) is 1.87. The third-order valence-electron chi connectivity index (χ3n) is 3.47. The molecule has 4 atom stereocenters. The minimum atomic E-state index is -1.93. The third kappa shape index (κ3) is 5.95. The number of rotatable bonds is 10. The van der Waals surface area contributed by atoms with Crippen LogP contribution in [0.5, 0.6) is 0 Å². The Kier molecular flexibility index (Phi) is 8.46. The van der Waals surface area contributed by atoms with Crippen LogP contribution in [0.4, 0.5) is 0 Å². The van der Waals surface area contributed by atoms with Crippen LogP contribution >= 0.6 is 9.47 Å². The smallest absolute Gasteiger partial charge is 0.230 e. The molecule has 7 heteroatoms. The molecule has 0 aliphatic rings. The molecule has 0 saturated carbocycles. The van der Waals surface area contributed by atoms with E-state index in [-0.39, 0.29) is 25.7 Å². The number of allylic oxidation sites excluding steroid dienone is 1. The number of aliphatic hydroxyl groups is 1. The molecule has 0 radical (unpaired) electrons. The molecule has 0 spiro atoms. The first kappa shape index (κ1) is 18.9. The number of carbonyl (C=O) groups excluding carboxylic acids is 3. The van der Waals surface area contributed by atoms with Crippen molar-refractivity contribution in [2.75, 3.05) is 6.61 Å². The number of carbonyl (C=O) groups is 3. The van der Waals surface area contributed by atoms with Crippen LogP contribution in [0.3, 0.4) is 0 Å². The van der Waals surface area contributed by atoms with Crippen molar-refractivity contribution in [3.63, 3.8) is 0 Å². The van der Waals surface area contributed by atoms with E-state index in [0.29, 0.717) is 6.42 Å². The normalized spacial score (nSPS) is 17.4. The van der Waals surface area contributed by atoms with Gasteiger partial charge in [0.2, 0.25) is 5.91 Å². The standard InChI is InChI=1S/C15H26NO5P/c1-5-6-7-13(14(19)16-10(2)11(3)17)15(20,12(4)18)8-9-21-22/h6-7,10,13,20H,5,8-9,22H2,1-4H3,(H,16,19)/b7-6+/i1D. The minimum absolute atomic E-state index is 0.0659. The van der Waals surface area contributed by atoms with E-state index in [1.165, 1.54) is 26.8 Å². The van der Waals surface area contributed by atoms with Gasteiger partial charge in [0.15, 0.2) is 11.6 Å². The number of ketones is 2. The monoisotopic (exact) mass is 332 g/mol. The maximum Gasteiger partial charge on any atom is 0.230 e. The molecule has 1 amide bonds. The van der Waals surface area contributed by atoms with Crippen LogP contribution in [0.2, 0.25) is 0 Å². The molecule has 0 aromatic heterocycles. The first-order valence-electron chi connectivity index (χ1n) is 7.73. The zero-order chi connectivity index (χ0) is 18.0. The molecule has 2 N–H and O–H groups in total. The lowest BCUT2D eigenvalue weighted by Gasteiger charge is -2.32. The Morgan fingerprint density at radius 3 is 2.55 bits per heavy atom. The Hall–Kier alpha value is -1.10. The van der Waals surface area contributed by atoms with Crippen molar-refractivity contribution in [1.29, 1.82) is 0 Å². The average Bonchev–Trinajstić information content (AvgIpc) is 2.48. The van der Waals surface area contributed by atoms with Crippen LogP contribution in [-0.2, 0) is 18.9 Å². The summed E-state index contributed by atoms with van der Waals surface area (Å²) >= 11 is 0. The number of nitrogens with one attached hydrogen (secondary N) is 1. The lowest BCUT2D eigenvalue weighted by Crippen LogP contribution is -2.53. The summed E-state index contributed by atoms with van der Waals surface area (Å²) in [6.45, 7) is 4.27. The van der Waals surface area contributed by atoms with E-state index in [1.807, 2.05) is 9.47 Å². The van der Waals surface area contributed by atoms with E-state index >= 15 is 0 Å². The van der Waals surface area contributed by atoms with Gasteiger partial charge in [0.1, 0.15) is 5.60 Å². The number of amides is 1. The minimum Gasteiger partial charge on any atom is -0.381 e. The molecular formula is C15H26NO5P. The average molecular weight is 332 g/mol. The Bertz CT molecular complexity index is 457. The number of hydrogen-bond acceptors (Lipinski definition) is 5. The van der Waals surface area contributed by atoms with Gasteiger partial charge in [-0.3, -0.25) is 14.4 Å². The van der Waals surface area contributed by atoms with Crippen molar-refractivity contribution >= 4 is 26.9 Å². The predicted octanol–water partition coefficient (Wildman–Crippen LogP) is 1.18. The molecule has 0 rings (SSSR count). The lowest BCUT2D eigenvalue weighted by molar-refractivity contribution is -0.149. The molecule has 126 valence electrons. The summed E-state index contributed by atoms with van der Waals surface area (Å²) in [4.78, 5) is 35.7. The molecule has 0 aliphatic carbocycles. The van der Waals surface area contributed by atoms with Gasteiger partial charge in [0, 0.05) is 17.3 Å². The topological polar surface area (TPSA) is 92.7 Å². The largest absolute Gasteiger partial charge is 0.381 e. The highest BCUT2D eigenvalue weighted by atomic mass is 31.0. The third-order valence-corrected chi connectivity index (χ3v) is 3.71. The zero-order valence-corrected chi connectivity index (χ0v) is 14.5. The highest BCUT2D eigenvalue weighted by molar-refractivity contribution is 7.09. The fraction of sp³-hybridized carbons (Fsp3) is 0.667. The second kappa shape index (κ2) is 9.82.